The Labute approximate surface area is 134 Å². The average molecular weight is 327 g/mol. The molecule has 2 aromatic carbocycles. The summed E-state index contributed by atoms with van der Waals surface area (Å²) in [6.07, 6.45) is 0. The number of nitrogens with zero attached hydrogens (tertiary/aromatic N) is 5. The topological polar surface area (TPSA) is 168 Å². The third kappa shape index (κ3) is 3.84. The molecule has 0 heterocycles. The molecule has 3 N–H and O–H groups in total. The van der Waals surface area contributed by atoms with Crippen molar-refractivity contribution in [3.63, 3.8) is 0 Å². The minimum Gasteiger partial charge on any atom is -0.506 e. The average Bonchev–Trinajstić information content (AvgIpc) is 2.55. The Morgan fingerprint density at radius 1 is 0.917 bits per heavy atom. The highest BCUT2D eigenvalue weighted by Gasteiger charge is 2.11. The van der Waals surface area contributed by atoms with E-state index in [2.05, 4.69) is 20.3 Å². The summed E-state index contributed by atoms with van der Waals surface area (Å²) in [5.41, 5.74) is 7.98. The summed E-state index contributed by atoms with van der Waals surface area (Å²) in [6.45, 7) is 0. The zero-order chi connectivity index (χ0) is 17.7. The van der Waals surface area contributed by atoms with Crippen LogP contribution in [0.25, 0.3) is 10.4 Å². The van der Waals surface area contributed by atoms with E-state index in [-0.39, 0.29) is 33.9 Å². The molecule has 0 bridgehead atoms. The van der Waals surface area contributed by atoms with Gasteiger partial charge in [-0.15, -0.1) is 5.11 Å². The number of phenolic OH excluding ortho intramolecular Hbond substituents is 1. The molecule has 0 amide bonds. The fraction of sp³-hybridized carbons (Fsp3) is 0. The Morgan fingerprint density at radius 3 is 2.08 bits per heavy atom. The smallest absolute Gasteiger partial charge is 0.335 e. The minimum atomic E-state index is -1.32. The van der Waals surface area contributed by atoms with Crippen molar-refractivity contribution in [1.29, 1.82) is 0 Å². The fourth-order valence-electron chi connectivity index (χ4n) is 1.73. The summed E-state index contributed by atoms with van der Waals surface area (Å²) >= 11 is 0. The highest BCUT2D eigenvalue weighted by molar-refractivity contribution is 5.95. The molecule has 10 heteroatoms. The van der Waals surface area contributed by atoms with Crippen LogP contribution in [-0.4, -0.2) is 27.3 Å². The highest BCUT2D eigenvalue weighted by Crippen LogP contribution is 2.32. The molecule has 0 aliphatic rings. The SMILES string of the molecule is [N-]=[N+]=Nc1ccc(O)c(N=Nc2cc(C(=O)O)cc(C(=O)O)c2)c1. The van der Waals surface area contributed by atoms with Gasteiger partial charge in [-0.2, -0.15) is 5.11 Å². The van der Waals surface area contributed by atoms with Crippen LogP contribution in [0.5, 0.6) is 5.75 Å². The zero-order valence-corrected chi connectivity index (χ0v) is 11.9. The van der Waals surface area contributed by atoms with Gasteiger partial charge in [0.1, 0.15) is 11.4 Å². The van der Waals surface area contributed by atoms with Crippen molar-refractivity contribution < 1.29 is 24.9 Å². The van der Waals surface area contributed by atoms with Crippen molar-refractivity contribution in [3.05, 3.63) is 58.0 Å². The molecule has 120 valence electrons. The van der Waals surface area contributed by atoms with E-state index < -0.39 is 11.9 Å². The van der Waals surface area contributed by atoms with Crippen LogP contribution in [0.2, 0.25) is 0 Å². The Bertz CT molecular complexity index is 870. The van der Waals surface area contributed by atoms with E-state index in [9.17, 15) is 14.7 Å². The Balaban J connectivity index is 2.45. The van der Waals surface area contributed by atoms with Crippen LogP contribution in [0.3, 0.4) is 0 Å². The van der Waals surface area contributed by atoms with Gasteiger partial charge in [0.2, 0.25) is 0 Å². The minimum absolute atomic E-state index is 0.0270. The van der Waals surface area contributed by atoms with Gasteiger partial charge in [0, 0.05) is 10.6 Å². The standard InChI is InChI=1S/C14H9N5O5/c15-19-17-9-1-2-12(20)11(6-9)18-16-10-4-7(13(21)22)3-8(5-10)14(23)24/h1-6,20H,(H,21,22)(H,23,24). The van der Waals surface area contributed by atoms with Crippen LogP contribution in [-0.2, 0) is 0 Å². The van der Waals surface area contributed by atoms with E-state index in [0.29, 0.717) is 0 Å². The third-order valence-electron chi connectivity index (χ3n) is 2.80. The Kier molecular flexibility index (Phi) is 4.73. The van der Waals surface area contributed by atoms with Crippen LogP contribution in [0.4, 0.5) is 17.1 Å². The molecule has 0 spiro atoms. The molecular weight excluding hydrogens is 318 g/mol. The van der Waals surface area contributed by atoms with Gasteiger partial charge >= 0.3 is 11.9 Å². The van der Waals surface area contributed by atoms with E-state index in [1.165, 1.54) is 18.2 Å². The monoisotopic (exact) mass is 327 g/mol. The molecular formula is C14H9N5O5. The first-order chi connectivity index (χ1) is 11.4. The van der Waals surface area contributed by atoms with E-state index in [0.717, 1.165) is 18.2 Å². The molecule has 0 atom stereocenters. The second kappa shape index (κ2) is 6.90. The van der Waals surface area contributed by atoms with Crippen LogP contribution < -0.4 is 0 Å². The quantitative estimate of drug-likeness (QED) is 0.425. The van der Waals surface area contributed by atoms with Gasteiger partial charge in [0.05, 0.1) is 16.8 Å². The first-order valence-corrected chi connectivity index (χ1v) is 6.32. The molecule has 0 radical (unpaired) electrons. The van der Waals surface area contributed by atoms with Crippen molar-refractivity contribution in [2.45, 2.75) is 0 Å². The van der Waals surface area contributed by atoms with Gasteiger partial charge in [0.15, 0.2) is 0 Å². The Morgan fingerprint density at radius 2 is 1.54 bits per heavy atom. The molecule has 0 aliphatic carbocycles. The maximum Gasteiger partial charge on any atom is 0.335 e. The number of hydrogen-bond donors (Lipinski definition) is 3. The summed E-state index contributed by atoms with van der Waals surface area (Å²) in [5, 5.41) is 38.5. The van der Waals surface area contributed by atoms with Gasteiger partial charge in [-0.05, 0) is 41.9 Å². The van der Waals surface area contributed by atoms with Gasteiger partial charge < -0.3 is 15.3 Å². The first-order valence-electron chi connectivity index (χ1n) is 6.32. The van der Waals surface area contributed by atoms with Gasteiger partial charge in [-0.25, -0.2) is 9.59 Å². The summed E-state index contributed by atoms with van der Waals surface area (Å²) in [6, 6.07) is 7.12. The van der Waals surface area contributed by atoms with Gasteiger partial charge in [-0.3, -0.25) is 0 Å². The molecule has 0 aromatic heterocycles. The second-order valence-corrected chi connectivity index (χ2v) is 4.44. The molecule has 10 nitrogen and oxygen atoms in total. The van der Waals surface area contributed by atoms with Crippen molar-refractivity contribution in [1.82, 2.24) is 0 Å². The predicted octanol–water partition coefficient (Wildman–Crippen LogP) is 4.15. The van der Waals surface area contributed by atoms with Crippen molar-refractivity contribution in [2.75, 3.05) is 0 Å². The fourth-order valence-corrected chi connectivity index (χ4v) is 1.73. The zero-order valence-electron chi connectivity index (χ0n) is 11.9. The molecule has 0 saturated heterocycles. The lowest BCUT2D eigenvalue weighted by molar-refractivity contribution is 0.0696. The summed E-state index contributed by atoms with van der Waals surface area (Å²) in [4.78, 5) is 24.6. The maximum absolute atomic E-state index is 11.0. The summed E-state index contributed by atoms with van der Waals surface area (Å²) < 4.78 is 0. The lowest BCUT2D eigenvalue weighted by Gasteiger charge is -2.02. The molecule has 2 aromatic rings. The molecule has 0 saturated carbocycles. The van der Waals surface area contributed by atoms with Crippen LogP contribution in [0.15, 0.2) is 51.7 Å². The van der Waals surface area contributed by atoms with Gasteiger partial charge in [-0.1, -0.05) is 5.11 Å². The van der Waals surface area contributed by atoms with Crippen LogP contribution in [0.1, 0.15) is 20.7 Å². The number of carbonyl (C=O) groups is 2. The van der Waals surface area contributed by atoms with E-state index in [1.54, 1.807) is 0 Å². The molecule has 0 unspecified atom stereocenters. The molecule has 24 heavy (non-hydrogen) atoms. The van der Waals surface area contributed by atoms with E-state index >= 15 is 0 Å². The number of azide groups is 1. The van der Waals surface area contributed by atoms with Crippen molar-refractivity contribution in [3.8, 4) is 5.75 Å². The molecule has 0 fully saturated rings. The lowest BCUT2D eigenvalue weighted by Crippen LogP contribution is -2.01. The maximum atomic E-state index is 11.0. The number of hydrogen-bond acceptors (Lipinski definition) is 6. The number of carboxylic acid groups (broad SMARTS) is 2. The predicted molar refractivity (Wildman–Crippen MR) is 81.4 cm³/mol. The van der Waals surface area contributed by atoms with E-state index in [1.807, 2.05) is 0 Å². The van der Waals surface area contributed by atoms with Crippen LogP contribution >= 0.6 is 0 Å². The second-order valence-electron chi connectivity index (χ2n) is 4.44. The number of aromatic hydroxyl groups is 1. The van der Waals surface area contributed by atoms with Crippen molar-refractivity contribution >= 4 is 29.0 Å². The highest BCUT2D eigenvalue weighted by atomic mass is 16.4. The Hall–Kier alpha value is -3.91. The van der Waals surface area contributed by atoms with Crippen LogP contribution in [0, 0.1) is 0 Å². The summed E-state index contributed by atoms with van der Waals surface area (Å²) in [5.74, 6) is -2.88. The van der Waals surface area contributed by atoms with Gasteiger partial charge in [0.25, 0.3) is 0 Å². The number of aromatic carboxylic acids is 2. The first kappa shape index (κ1) is 16.5. The molecule has 2 rings (SSSR count). The normalized spacial score (nSPS) is 10.3. The third-order valence-corrected chi connectivity index (χ3v) is 2.80. The van der Waals surface area contributed by atoms with Crippen molar-refractivity contribution in [2.24, 2.45) is 15.3 Å². The number of rotatable bonds is 5. The number of carboxylic acids is 2. The number of azo groups is 1. The number of benzene rings is 2. The summed E-state index contributed by atoms with van der Waals surface area (Å²) in [7, 11) is 0. The molecule has 0 aliphatic heterocycles. The van der Waals surface area contributed by atoms with E-state index in [4.69, 9.17) is 15.7 Å². The lowest BCUT2D eigenvalue weighted by atomic mass is 10.1. The largest absolute Gasteiger partial charge is 0.506 e. The number of phenols is 1.